The number of nitrogens with one attached hydrogen (secondary N) is 2. The van der Waals surface area contributed by atoms with Crippen molar-refractivity contribution in [2.75, 3.05) is 13.2 Å². The molecule has 1 aromatic carbocycles. The topological polar surface area (TPSA) is 84.1 Å². The maximum Gasteiger partial charge on any atom is 0.356 e. The maximum atomic E-state index is 11.6. The van der Waals surface area contributed by atoms with Gasteiger partial charge < -0.3 is 10.1 Å². The van der Waals surface area contributed by atoms with Crippen LogP contribution in [0.4, 0.5) is 0 Å². The molecule has 0 atom stereocenters. The van der Waals surface area contributed by atoms with Crippen LogP contribution in [0.2, 0.25) is 0 Å². The number of aromatic amines is 1. The first-order valence-corrected chi connectivity index (χ1v) is 7.58. The molecule has 0 aliphatic heterocycles. The van der Waals surface area contributed by atoms with E-state index < -0.39 is 5.97 Å². The molecular weight excluding hydrogens is 294 g/mol. The average Bonchev–Trinajstić information content (AvgIpc) is 3.07. The van der Waals surface area contributed by atoms with Gasteiger partial charge in [0.05, 0.1) is 0 Å². The van der Waals surface area contributed by atoms with Crippen molar-refractivity contribution in [1.29, 1.82) is 0 Å². The number of rotatable bonds is 7. The van der Waals surface area contributed by atoms with E-state index in [4.69, 9.17) is 4.74 Å². The lowest BCUT2D eigenvalue weighted by atomic mass is 10.0. The summed E-state index contributed by atoms with van der Waals surface area (Å²) in [4.78, 5) is 23.2. The number of carbonyl (C=O) groups excluding carboxylic acids is 2. The van der Waals surface area contributed by atoms with Crippen molar-refractivity contribution >= 4 is 11.9 Å². The van der Waals surface area contributed by atoms with Gasteiger partial charge in [-0.15, -0.1) is 0 Å². The third-order valence-corrected chi connectivity index (χ3v) is 3.44. The quantitative estimate of drug-likeness (QED) is 0.766. The van der Waals surface area contributed by atoms with Crippen LogP contribution in [0.5, 0.6) is 0 Å². The van der Waals surface area contributed by atoms with Gasteiger partial charge in [-0.25, -0.2) is 4.79 Å². The van der Waals surface area contributed by atoms with Crippen LogP contribution < -0.4 is 5.32 Å². The van der Waals surface area contributed by atoms with Gasteiger partial charge in [-0.2, -0.15) is 5.10 Å². The summed E-state index contributed by atoms with van der Waals surface area (Å²) in [6.45, 7) is 4.51. The molecule has 0 spiro atoms. The second-order valence-electron chi connectivity index (χ2n) is 5.54. The minimum absolute atomic E-state index is 0.225. The third-order valence-electron chi connectivity index (χ3n) is 3.44. The molecule has 0 saturated heterocycles. The second-order valence-corrected chi connectivity index (χ2v) is 5.54. The molecule has 2 rings (SSSR count). The zero-order chi connectivity index (χ0) is 16.7. The standard InChI is InChI=1S/C17H21N3O3/c1-12(2)14-5-3-13(4-6-14)7-9-18-16(21)11-23-17(22)15-8-10-19-20-15/h3-6,8,10,12H,7,9,11H2,1-2H3,(H,18,21)(H,19,20). The van der Waals surface area contributed by atoms with Crippen LogP contribution in [0.25, 0.3) is 0 Å². The fraction of sp³-hybridized carbons (Fsp3) is 0.353. The summed E-state index contributed by atoms with van der Waals surface area (Å²) < 4.78 is 4.87. The molecule has 6 nitrogen and oxygen atoms in total. The van der Waals surface area contributed by atoms with Gasteiger partial charge >= 0.3 is 5.97 Å². The summed E-state index contributed by atoms with van der Waals surface area (Å²) >= 11 is 0. The van der Waals surface area contributed by atoms with Gasteiger partial charge in [0.25, 0.3) is 5.91 Å². The van der Waals surface area contributed by atoms with Crippen LogP contribution in [0, 0.1) is 0 Å². The van der Waals surface area contributed by atoms with Gasteiger partial charge in [0.15, 0.2) is 6.61 Å². The smallest absolute Gasteiger partial charge is 0.356 e. The molecule has 6 heteroatoms. The molecule has 0 saturated carbocycles. The van der Waals surface area contributed by atoms with Crippen LogP contribution in [-0.2, 0) is 16.0 Å². The molecule has 1 heterocycles. The van der Waals surface area contributed by atoms with Crippen molar-refractivity contribution in [3.63, 3.8) is 0 Å². The van der Waals surface area contributed by atoms with Crippen molar-refractivity contribution in [3.8, 4) is 0 Å². The minimum Gasteiger partial charge on any atom is -0.451 e. The lowest BCUT2D eigenvalue weighted by Crippen LogP contribution is -2.30. The van der Waals surface area contributed by atoms with Gasteiger partial charge in [-0.3, -0.25) is 9.89 Å². The molecule has 0 fully saturated rings. The molecule has 0 radical (unpaired) electrons. The lowest BCUT2D eigenvalue weighted by Gasteiger charge is -2.08. The Bertz CT molecular complexity index is 634. The minimum atomic E-state index is -0.595. The van der Waals surface area contributed by atoms with E-state index in [1.165, 1.54) is 17.8 Å². The zero-order valence-corrected chi connectivity index (χ0v) is 13.3. The number of hydrogen-bond donors (Lipinski definition) is 2. The molecule has 0 aliphatic carbocycles. The number of H-pyrrole nitrogens is 1. The fourth-order valence-electron chi connectivity index (χ4n) is 2.04. The van der Waals surface area contributed by atoms with E-state index >= 15 is 0 Å². The number of hydrogen-bond acceptors (Lipinski definition) is 4. The molecule has 23 heavy (non-hydrogen) atoms. The molecule has 2 aromatic rings. The Morgan fingerprint density at radius 2 is 1.96 bits per heavy atom. The van der Waals surface area contributed by atoms with Gasteiger partial charge in [-0.1, -0.05) is 38.1 Å². The van der Waals surface area contributed by atoms with Gasteiger partial charge in [0.1, 0.15) is 5.69 Å². The Morgan fingerprint density at radius 3 is 2.57 bits per heavy atom. The van der Waals surface area contributed by atoms with Crippen LogP contribution in [0.3, 0.4) is 0 Å². The van der Waals surface area contributed by atoms with E-state index in [2.05, 4.69) is 53.6 Å². The van der Waals surface area contributed by atoms with Gasteiger partial charge in [0.2, 0.25) is 0 Å². The predicted molar refractivity (Wildman–Crippen MR) is 86.1 cm³/mol. The average molecular weight is 315 g/mol. The van der Waals surface area contributed by atoms with Gasteiger partial charge in [-0.05, 0) is 29.5 Å². The normalized spacial score (nSPS) is 10.6. The monoisotopic (exact) mass is 315 g/mol. The first kappa shape index (κ1) is 16.7. The number of carbonyl (C=O) groups is 2. The molecular formula is C17H21N3O3. The Labute approximate surface area is 135 Å². The van der Waals surface area contributed by atoms with E-state index in [0.29, 0.717) is 12.5 Å². The number of amides is 1. The molecule has 122 valence electrons. The van der Waals surface area contributed by atoms with Crippen molar-refractivity contribution in [2.45, 2.75) is 26.2 Å². The van der Waals surface area contributed by atoms with Crippen LogP contribution in [0.15, 0.2) is 36.5 Å². The largest absolute Gasteiger partial charge is 0.451 e. The van der Waals surface area contributed by atoms with Crippen molar-refractivity contribution < 1.29 is 14.3 Å². The molecule has 0 bridgehead atoms. The van der Waals surface area contributed by atoms with Crippen molar-refractivity contribution in [3.05, 3.63) is 53.3 Å². The van der Waals surface area contributed by atoms with E-state index in [1.54, 1.807) is 0 Å². The highest BCUT2D eigenvalue weighted by Crippen LogP contribution is 2.14. The number of aromatic nitrogens is 2. The number of esters is 1. The summed E-state index contributed by atoms with van der Waals surface area (Å²) in [6, 6.07) is 9.84. The summed E-state index contributed by atoms with van der Waals surface area (Å²) in [5.41, 5.74) is 2.68. The van der Waals surface area contributed by atoms with Crippen LogP contribution >= 0.6 is 0 Å². The highest BCUT2D eigenvalue weighted by atomic mass is 16.5. The number of nitrogens with zero attached hydrogens (tertiary/aromatic N) is 1. The van der Waals surface area contributed by atoms with Crippen LogP contribution in [0.1, 0.15) is 41.4 Å². The summed E-state index contributed by atoms with van der Waals surface area (Å²) in [5, 5.41) is 8.85. The zero-order valence-electron chi connectivity index (χ0n) is 13.3. The van der Waals surface area contributed by atoms with Crippen molar-refractivity contribution in [1.82, 2.24) is 15.5 Å². The summed E-state index contributed by atoms with van der Waals surface area (Å²) in [6.07, 6.45) is 2.18. The molecule has 0 aliphatic rings. The maximum absolute atomic E-state index is 11.6. The van der Waals surface area contributed by atoms with E-state index in [1.807, 2.05) is 0 Å². The SMILES string of the molecule is CC(C)c1ccc(CCNC(=O)COC(=O)c2ccn[nH]2)cc1. The Hall–Kier alpha value is -2.63. The lowest BCUT2D eigenvalue weighted by molar-refractivity contribution is -0.124. The summed E-state index contributed by atoms with van der Waals surface area (Å²) in [5.74, 6) is -0.410. The Kier molecular flexibility index (Phi) is 5.91. The molecule has 0 unspecified atom stereocenters. The molecule has 1 amide bonds. The predicted octanol–water partition coefficient (Wildman–Crippen LogP) is 2.05. The highest BCUT2D eigenvalue weighted by Gasteiger charge is 2.10. The molecule has 1 aromatic heterocycles. The Morgan fingerprint density at radius 1 is 1.22 bits per heavy atom. The van der Waals surface area contributed by atoms with E-state index in [0.717, 1.165) is 12.0 Å². The number of benzene rings is 1. The van der Waals surface area contributed by atoms with Crippen molar-refractivity contribution in [2.24, 2.45) is 0 Å². The van der Waals surface area contributed by atoms with Gasteiger partial charge in [0, 0.05) is 12.7 Å². The first-order valence-electron chi connectivity index (χ1n) is 7.58. The molecule has 2 N–H and O–H groups in total. The first-order chi connectivity index (χ1) is 11.1. The fourth-order valence-corrected chi connectivity index (χ4v) is 2.04. The summed E-state index contributed by atoms with van der Waals surface area (Å²) in [7, 11) is 0. The third kappa shape index (κ3) is 5.25. The van der Waals surface area contributed by atoms with E-state index in [-0.39, 0.29) is 18.2 Å². The highest BCUT2D eigenvalue weighted by molar-refractivity contribution is 5.89. The van der Waals surface area contributed by atoms with Crippen LogP contribution in [-0.4, -0.2) is 35.2 Å². The van der Waals surface area contributed by atoms with E-state index in [9.17, 15) is 9.59 Å². The number of ether oxygens (including phenoxy) is 1. The Balaban J connectivity index is 1.67. The second kappa shape index (κ2) is 8.12.